The topological polar surface area (TPSA) is 38.0 Å². The van der Waals surface area contributed by atoms with E-state index >= 15 is 0 Å². The molecule has 18 heavy (non-hydrogen) atoms. The molecule has 1 aromatic carbocycles. The largest absolute Gasteiger partial charge is 0.385 e. The number of nitrogens with one attached hydrogen (secondary N) is 1. The van der Waals surface area contributed by atoms with E-state index in [1.54, 1.807) is 0 Å². The molecule has 0 aromatic heterocycles. The summed E-state index contributed by atoms with van der Waals surface area (Å²) < 4.78 is 0. The first-order chi connectivity index (χ1) is 8.54. The van der Waals surface area contributed by atoms with Crippen molar-refractivity contribution in [2.24, 2.45) is 11.1 Å². The average molecular weight is 248 g/mol. The van der Waals surface area contributed by atoms with Gasteiger partial charge in [0.25, 0.3) is 0 Å². The summed E-state index contributed by atoms with van der Waals surface area (Å²) >= 11 is 0. The van der Waals surface area contributed by atoms with Gasteiger partial charge in [-0.15, -0.1) is 0 Å². The van der Waals surface area contributed by atoms with Crippen LogP contribution >= 0.6 is 0 Å². The first-order valence-electron chi connectivity index (χ1n) is 7.08. The van der Waals surface area contributed by atoms with Crippen LogP contribution in [0.15, 0.2) is 18.2 Å². The number of hydrogen-bond acceptors (Lipinski definition) is 2. The van der Waals surface area contributed by atoms with Crippen molar-refractivity contribution in [3.05, 3.63) is 29.3 Å². The van der Waals surface area contributed by atoms with Crippen LogP contribution in [0.25, 0.3) is 0 Å². The minimum Gasteiger partial charge on any atom is -0.385 e. The van der Waals surface area contributed by atoms with E-state index in [-0.39, 0.29) is 5.41 Å². The van der Waals surface area contributed by atoms with Gasteiger partial charge < -0.3 is 11.1 Å². The number of rotatable bonds is 7. The van der Waals surface area contributed by atoms with Crippen LogP contribution in [0.3, 0.4) is 0 Å². The van der Waals surface area contributed by atoms with Crippen molar-refractivity contribution in [2.45, 2.75) is 47.0 Å². The highest BCUT2D eigenvalue weighted by Gasteiger charge is 2.15. The van der Waals surface area contributed by atoms with Crippen LogP contribution in [0.2, 0.25) is 0 Å². The second-order valence-corrected chi connectivity index (χ2v) is 5.70. The highest BCUT2D eigenvalue weighted by molar-refractivity contribution is 5.57. The summed E-state index contributed by atoms with van der Waals surface area (Å²) in [5.74, 6) is 0. The smallest absolute Gasteiger partial charge is 0.0405 e. The van der Waals surface area contributed by atoms with Crippen molar-refractivity contribution < 1.29 is 0 Å². The van der Waals surface area contributed by atoms with Gasteiger partial charge in [-0.2, -0.15) is 0 Å². The minimum absolute atomic E-state index is 0.223. The summed E-state index contributed by atoms with van der Waals surface area (Å²) in [7, 11) is 0. The fraction of sp³-hybridized carbons (Fsp3) is 0.625. The van der Waals surface area contributed by atoms with Crippen LogP contribution in [0, 0.1) is 5.41 Å². The average Bonchev–Trinajstić information content (AvgIpc) is 2.38. The Labute approximate surface area is 112 Å². The van der Waals surface area contributed by atoms with Gasteiger partial charge in [0.2, 0.25) is 0 Å². The highest BCUT2D eigenvalue weighted by atomic mass is 14.9. The lowest BCUT2D eigenvalue weighted by atomic mass is 9.89. The number of aryl methyl sites for hydroxylation is 2. The van der Waals surface area contributed by atoms with E-state index in [2.05, 4.69) is 51.2 Å². The van der Waals surface area contributed by atoms with Gasteiger partial charge in [0.1, 0.15) is 0 Å². The summed E-state index contributed by atoms with van der Waals surface area (Å²) in [4.78, 5) is 0. The van der Waals surface area contributed by atoms with Gasteiger partial charge in [-0.05, 0) is 42.3 Å². The summed E-state index contributed by atoms with van der Waals surface area (Å²) in [5.41, 5.74) is 10.2. The van der Waals surface area contributed by atoms with E-state index in [0.717, 1.165) is 32.4 Å². The van der Waals surface area contributed by atoms with E-state index in [1.807, 2.05) is 0 Å². The number of para-hydroxylation sites is 1. The molecule has 0 fully saturated rings. The summed E-state index contributed by atoms with van der Waals surface area (Å²) in [6, 6.07) is 6.60. The summed E-state index contributed by atoms with van der Waals surface area (Å²) in [6.45, 7) is 10.6. The van der Waals surface area contributed by atoms with Crippen LogP contribution in [0.1, 0.15) is 45.2 Å². The van der Waals surface area contributed by atoms with Gasteiger partial charge in [0, 0.05) is 12.2 Å². The molecule has 0 spiro atoms. The Morgan fingerprint density at radius 2 is 1.67 bits per heavy atom. The van der Waals surface area contributed by atoms with Crippen molar-refractivity contribution in [2.75, 3.05) is 18.4 Å². The lowest BCUT2D eigenvalue weighted by molar-refractivity contribution is 0.358. The zero-order chi connectivity index (χ0) is 13.6. The van der Waals surface area contributed by atoms with Crippen molar-refractivity contribution in [1.82, 2.24) is 0 Å². The van der Waals surface area contributed by atoms with E-state index in [4.69, 9.17) is 5.73 Å². The minimum atomic E-state index is 0.223. The fourth-order valence-electron chi connectivity index (χ4n) is 2.10. The number of nitrogens with two attached hydrogens (primary N) is 1. The van der Waals surface area contributed by atoms with Gasteiger partial charge >= 0.3 is 0 Å². The van der Waals surface area contributed by atoms with E-state index in [9.17, 15) is 0 Å². The molecule has 1 rings (SSSR count). The third-order valence-corrected chi connectivity index (χ3v) is 3.65. The van der Waals surface area contributed by atoms with Gasteiger partial charge in [-0.3, -0.25) is 0 Å². The van der Waals surface area contributed by atoms with Gasteiger partial charge in [-0.25, -0.2) is 0 Å². The normalized spacial score (nSPS) is 11.6. The molecule has 0 aliphatic rings. The standard InChI is InChI=1S/C16H28N2/c1-5-13-8-7-9-14(6-2)15(13)18-11-10-16(3,4)12-17/h7-9,18H,5-6,10-12,17H2,1-4H3. The molecule has 0 atom stereocenters. The van der Waals surface area contributed by atoms with Crippen LogP contribution in [-0.4, -0.2) is 13.1 Å². The highest BCUT2D eigenvalue weighted by Crippen LogP contribution is 2.24. The molecule has 102 valence electrons. The summed E-state index contributed by atoms with van der Waals surface area (Å²) in [6.07, 6.45) is 3.26. The molecular weight excluding hydrogens is 220 g/mol. The van der Waals surface area contributed by atoms with E-state index in [1.165, 1.54) is 16.8 Å². The molecule has 0 radical (unpaired) electrons. The zero-order valence-electron chi connectivity index (χ0n) is 12.3. The summed E-state index contributed by atoms with van der Waals surface area (Å²) in [5, 5.41) is 3.62. The molecule has 0 saturated heterocycles. The Kier molecular flexibility index (Phi) is 5.67. The van der Waals surface area contributed by atoms with E-state index in [0.29, 0.717) is 0 Å². The third-order valence-electron chi connectivity index (χ3n) is 3.65. The molecule has 2 nitrogen and oxygen atoms in total. The van der Waals surface area contributed by atoms with Crippen molar-refractivity contribution in [1.29, 1.82) is 0 Å². The van der Waals surface area contributed by atoms with Crippen molar-refractivity contribution in [3.63, 3.8) is 0 Å². The van der Waals surface area contributed by atoms with Gasteiger partial charge in [0.05, 0.1) is 0 Å². The first-order valence-corrected chi connectivity index (χ1v) is 7.08. The van der Waals surface area contributed by atoms with Gasteiger partial charge in [0.15, 0.2) is 0 Å². The van der Waals surface area contributed by atoms with Gasteiger partial charge in [-0.1, -0.05) is 45.9 Å². The fourth-order valence-corrected chi connectivity index (χ4v) is 2.10. The Hall–Kier alpha value is -1.02. The van der Waals surface area contributed by atoms with E-state index < -0.39 is 0 Å². The first kappa shape index (κ1) is 15.0. The van der Waals surface area contributed by atoms with Crippen LogP contribution < -0.4 is 11.1 Å². The second kappa shape index (κ2) is 6.79. The Morgan fingerprint density at radius 1 is 1.11 bits per heavy atom. The third kappa shape index (κ3) is 4.02. The molecule has 0 bridgehead atoms. The molecule has 1 aromatic rings. The number of anilines is 1. The molecule has 3 N–H and O–H groups in total. The Bertz CT molecular complexity index is 347. The predicted octanol–water partition coefficient (Wildman–Crippen LogP) is 3.60. The van der Waals surface area contributed by atoms with Crippen molar-refractivity contribution in [3.8, 4) is 0 Å². The molecule has 0 aliphatic heterocycles. The van der Waals surface area contributed by atoms with Crippen LogP contribution in [0.4, 0.5) is 5.69 Å². The monoisotopic (exact) mass is 248 g/mol. The zero-order valence-corrected chi connectivity index (χ0v) is 12.3. The molecule has 0 saturated carbocycles. The molecule has 0 aliphatic carbocycles. The van der Waals surface area contributed by atoms with Crippen molar-refractivity contribution >= 4 is 5.69 Å². The lowest BCUT2D eigenvalue weighted by Gasteiger charge is -2.23. The molecule has 0 heterocycles. The maximum Gasteiger partial charge on any atom is 0.0405 e. The predicted molar refractivity (Wildman–Crippen MR) is 81.1 cm³/mol. The molecule has 2 heteroatoms. The maximum atomic E-state index is 5.77. The van der Waals surface area contributed by atoms with Crippen LogP contribution in [0.5, 0.6) is 0 Å². The number of hydrogen-bond donors (Lipinski definition) is 2. The molecular formula is C16H28N2. The Balaban J connectivity index is 2.71. The maximum absolute atomic E-state index is 5.77. The lowest BCUT2D eigenvalue weighted by Crippen LogP contribution is -2.26. The molecule has 0 amide bonds. The second-order valence-electron chi connectivity index (χ2n) is 5.70. The molecule has 0 unspecified atom stereocenters. The quantitative estimate of drug-likeness (QED) is 0.773. The SMILES string of the molecule is CCc1cccc(CC)c1NCCC(C)(C)CN. The number of benzene rings is 1. The van der Waals surface area contributed by atoms with Crippen LogP contribution in [-0.2, 0) is 12.8 Å². The Morgan fingerprint density at radius 3 is 2.11 bits per heavy atom.